The summed E-state index contributed by atoms with van der Waals surface area (Å²) >= 11 is 4.40. The number of rotatable bonds is 6. The van der Waals surface area contributed by atoms with Crippen molar-refractivity contribution < 1.29 is 26.0 Å². The largest absolute Gasteiger partial charge is 0.488 e. The Morgan fingerprint density at radius 3 is 2.09 bits per heavy atom. The van der Waals surface area contributed by atoms with Gasteiger partial charge in [0.25, 0.3) is 0 Å². The molecule has 178 valence electrons. The van der Waals surface area contributed by atoms with Crippen molar-refractivity contribution in [1.29, 1.82) is 0 Å². The van der Waals surface area contributed by atoms with Gasteiger partial charge >= 0.3 is 16.6 Å². The molecule has 34 heavy (non-hydrogen) atoms. The van der Waals surface area contributed by atoms with E-state index in [1.807, 2.05) is 36.4 Å². The molecule has 4 rings (SSSR count). The molecular formula is C25H24FNO5S2. The highest BCUT2D eigenvalue weighted by atomic mass is 32.3. The number of nitrogens with one attached hydrogen (secondary N) is 1. The maximum Gasteiger partial charge on any atom is 0.488 e. The van der Waals surface area contributed by atoms with E-state index >= 15 is 0 Å². The molecule has 0 atom stereocenters. The van der Waals surface area contributed by atoms with E-state index in [1.165, 1.54) is 0 Å². The number of alkyl carbamates (subject to hydrolysis) is 1. The lowest BCUT2D eigenvalue weighted by Crippen LogP contribution is -2.26. The van der Waals surface area contributed by atoms with Gasteiger partial charge in [0, 0.05) is 22.9 Å². The van der Waals surface area contributed by atoms with Crippen molar-refractivity contribution in [2.45, 2.75) is 38.1 Å². The molecule has 0 aliphatic heterocycles. The van der Waals surface area contributed by atoms with Crippen LogP contribution in [0.3, 0.4) is 0 Å². The Balaban J connectivity index is 1.48. The van der Waals surface area contributed by atoms with Crippen LogP contribution in [0.5, 0.6) is 5.75 Å². The van der Waals surface area contributed by atoms with Crippen molar-refractivity contribution >= 4 is 29.2 Å². The molecule has 1 amide bonds. The Kier molecular flexibility index (Phi) is 6.60. The van der Waals surface area contributed by atoms with Crippen molar-refractivity contribution in [3.63, 3.8) is 0 Å². The lowest BCUT2D eigenvalue weighted by Gasteiger charge is -2.19. The number of benzene rings is 3. The molecule has 0 saturated heterocycles. The number of carbonyl (C=O) groups is 1. The van der Waals surface area contributed by atoms with Gasteiger partial charge in [-0.25, -0.2) is 4.79 Å². The van der Waals surface area contributed by atoms with Crippen LogP contribution >= 0.6 is 12.6 Å². The molecule has 9 heteroatoms. The topological polar surface area (TPSA) is 81.7 Å². The number of ether oxygens (including phenoxy) is 1. The molecule has 6 nitrogen and oxygen atoms in total. The second-order valence-electron chi connectivity index (χ2n) is 8.19. The first kappa shape index (κ1) is 24.1. The smallest absolute Gasteiger partial charge is 0.449 e. The monoisotopic (exact) mass is 501 g/mol. The van der Waals surface area contributed by atoms with Crippen molar-refractivity contribution in [1.82, 2.24) is 5.32 Å². The maximum absolute atomic E-state index is 13.2. The highest BCUT2D eigenvalue weighted by Crippen LogP contribution is 2.44. The minimum Gasteiger partial charge on any atom is -0.449 e. The molecule has 0 heterocycles. The van der Waals surface area contributed by atoms with Gasteiger partial charge in [0.15, 0.2) is 5.75 Å². The fourth-order valence-corrected chi connectivity index (χ4v) is 5.22. The summed E-state index contributed by atoms with van der Waals surface area (Å²) in [5, 5.41) is 2.70. The highest BCUT2D eigenvalue weighted by molar-refractivity contribution is 7.81. The van der Waals surface area contributed by atoms with E-state index in [0.717, 1.165) is 27.8 Å². The number of thiol groups is 1. The molecule has 0 radical (unpaired) electrons. The molecule has 0 spiro atoms. The van der Waals surface area contributed by atoms with Gasteiger partial charge in [-0.1, -0.05) is 52.4 Å². The summed E-state index contributed by atoms with van der Waals surface area (Å²) in [7, 11) is -5.21. The standard InChI is InChI=1S/C25H24FNO5S2/c1-14-21(15(2)24(33)16(3)23(14)32-34(26,29)30)12-27-25(28)31-13-22-19-10-6-4-8-17(19)18-9-5-7-11-20(18)22/h4-11,22,33H,12-13H2,1-3H3,(H,27,28). The number of amides is 1. The first-order chi connectivity index (χ1) is 16.1. The lowest BCUT2D eigenvalue weighted by atomic mass is 9.98. The average Bonchev–Trinajstić information content (AvgIpc) is 3.12. The highest BCUT2D eigenvalue weighted by Gasteiger charge is 2.29. The molecule has 0 saturated carbocycles. The van der Waals surface area contributed by atoms with Gasteiger partial charge in [0.2, 0.25) is 0 Å². The van der Waals surface area contributed by atoms with E-state index in [1.54, 1.807) is 20.8 Å². The van der Waals surface area contributed by atoms with E-state index in [-0.39, 0.29) is 24.8 Å². The quantitative estimate of drug-likeness (QED) is 0.343. The number of hydrogen-bond acceptors (Lipinski definition) is 6. The normalized spacial score (nSPS) is 12.7. The number of carbonyl (C=O) groups excluding carboxylic acids is 1. The molecular weight excluding hydrogens is 477 g/mol. The van der Waals surface area contributed by atoms with E-state index in [4.69, 9.17) is 4.74 Å². The summed E-state index contributed by atoms with van der Waals surface area (Å²) in [5.74, 6) is -0.206. The van der Waals surface area contributed by atoms with Crippen molar-refractivity contribution in [3.8, 4) is 16.9 Å². The Hall–Kier alpha value is -3.04. The summed E-state index contributed by atoms with van der Waals surface area (Å²) in [6.45, 7) is 5.17. The van der Waals surface area contributed by atoms with Crippen LogP contribution in [0, 0.1) is 20.8 Å². The van der Waals surface area contributed by atoms with Crippen molar-refractivity contribution in [3.05, 3.63) is 81.9 Å². The van der Waals surface area contributed by atoms with Crippen LogP contribution in [-0.4, -0.2) is 21.1 Å². The van der Waals surface area contributed by atoms with Gasteiger partial charge in [-0.05, 0) is 59.7 Å². The zero-order chi connectivity index (χ0) is 24.6. The molecule has 3 aromatic rings. The number of fused-ring (bicyclic) bond motifs is 3. The van der Waals surface area contributed by atoms with Gasteiger partial charge in [0.1, 0.15) is 6.61 Å². The number of hydrogen-bond donors (Lipinski definition) is 2. The summed E-state index contributed by atoms with van der Waals surface area (Å²) in [4.78, 5) is 13.0. The second kappa shape index (κ2) is 9.31. The molecule has 0 aromatic heterocycles. The Morgan fingerprint density at radius 1 is 0.971 bits per heavy atom. The van der Waals surface area contributed by atoms with Crippen LogP contribution in [0.25, 0.3) is 11.1 Å². The lowest BCUT2D eigenvalue weighted by molar-refractivity contribution is 0.142. The minimum absolute atomic E-state index is 0.0326. The molecule has 0 unspecified atom stereocenters. The van der Waals surface area contributed by atoms with E-state index in [2.05, 4.69) is 34.3 Å². The zero-order valence-electron chi connectivity index (χ0n) is 18.9. The third-order valence-electron chi connectivity index (χ3n) is 6.23. The predicted octanol–water partition coefficient (Wildman–Crippen LogP) is 5.53. The van der Waals surface area contributed by atoms with Gasteiger partial charge < -0.3 is 14.2 Å². The maximum atomic E-state index is 13.2. The average molecular weight is 502 g/mol. The van der Waals surface area contributed by atoms with Gasteiger partial charge in [-0.2, -0.15) is 8.42 Å². The molecule has 1 aliphatic carbocycles. The van der Waals surface area contributed by atoms with Gasteiger partial charge in [-0.15, -0.1) is 12.6 Å². The van der Waals surface area contributed by atoms with Crippen molar-refractivity contribution in [2.24, 2.45) is 0 Å². The van der Waals surface area contributed by atoms with Crippen LogP contribution in [0.1, 0.15) is 39.3 Å². The molecule has 1 aliphatic rings. The third-order valence-corrected chi connectivity index (χ3v) is 7.27. The summed E-state index contributed by atoms with van der Waals surface area (Å²) in [6, 6.07) is 16.1. The van der Waals surface area contributed by atoms with Crippen LogP contribution < -0.4 is 9.50 Å². The minimum atomic E-state index is -5.21. The summed E-state index contributed by atoms with van der Waals surface area (Å²) in [6.07, 6.45) is -0.623. The molecule has 1 N–H and O–H groups in total. The van der Waals surface area contributed by atoms with E-state index in [9.17, 15) is 17.1 Å². The fraction of sp³-hybridized carbons (Fsp3) is 0.240. The van der Waals surface area contributed by atoms with Crippen molar-refractivity contribution in [2.75, 3.05) is 6.61 Å². The van der Waals surface area contributed by atoms with Gasteiger partial charge in [-0.3, -0.25) is 0 Å². The van der Waals surface area contributed by atoms with Crippen LogP contribution in [-0.2, 0) is 21.8 Å². The van der Waals surface area contributed by atoms with Crippen LogP contribution in [0.15, 0.2) is 53.4 Å². The third kappa shape index (κ3) is 4.63. The zero-order valence-corrected chi connectivity index (χ0v) is 20.6. The Morgan fingerprint density at radius 2 is 1.53 bits per heavy atom. The summed E-state index contributed by atoms with van der Waals surface area (Å²) < 4.78 is 45.4. The summed E-state index contributed by atoms with van der Waals surface area (Å²) in [5.41, 5.74) is 6.57. The van der Waals surface area contributed by atoms with E-state index in [0.29, 0.717) is 21.6 Å². The number of halogens is 1. The SMILES string of the molecule is Cc1c(S)c(C)c(OS(=O)(=O)F)c(C)c1CNC(=O)OCC1c2ccccc2-c2ccccc21. The Labute approximate surface area is 203 Å². The van der Waals surface area contributed by atoms with Gasteiger partial charge in [0.05, 0.1) is 0 Å². The molecule has 0 bridgehead atoms. The first-order valence-electron chi connectivity index (χ1n) is 10.6. The first-order valence-corrected chi connectivity index (χ1v) is 12.4. The second-order valence-corrected chi connectivity index (χ2v) is 9.59. The van der Waals surface area contributed by atoms with Crippen LogP contribution in [0.4, 0.5) is 8.68 Å². The Bertz CT molecular complexity index is 1340. The van der Waals surface area contributed by atoms with E-state index < -0.39 is 16.6 Å². The van der Waals surface area contributed by atoms with Crippen LogP contribution in [0.2, 0.25) is 0 Å². The molecule has 3 aromatic carbocycles. The fourth-order valence-electron chi connectivity index (χ4n) is 4.53. The molecule has 0 fully saturated rings. The predicted molar refractivity (Wildman–Crippen MR) is 130 cm³/mol.